The Hall–Kier alpha value is -1.81. The van der Waals surface area contributed by atoms with Crippen molar-refractivity contribution in [3.63, 3.8) is 0 Å². The van der Waals surface area contributed by atoms with Crippen LogP contribution >= 0.6 is 0 Å². The second-order valence-electron chi connectivity index (χ2n) is 2.65. The molecule has 0 aliphatic heterocycles. The van der Waals surface area contributed by atoms with Crippen molar-refractivity contribution < 1.29 is 5.48 Å². The molecule has 0 radical (unpaired) electrons. The summed E-state index contributed by atoms with van der Waals surface area (Å²) >= 11 is 0. The number of anilines is 1. The Morgan fingerprint density at radius 1 is 1.23 bits per heavy atom. The summed E-state index contributed by atoms with van der Waals surface area (Å²) in [6.07, 6.45) is 1.62. The summed E-state index contributed by atoms with van der Waals surface area (Å²) in [5.41, 5.74) is 6.16. The van der Waals surface area contributed by atoms with Gasteiger partial charge in [0.2, 0.25) is 0 Å². The zero-order valence-corrected chi connectivity index (χ0v) is 6.87. The number of nitrogens with one attached hydrogen (secondary N) is 1. The van der Waals surface area contributed by atoms with Gasteiger partial charge in [0, 0.05) is 17.3 Å². The molecular weight excluding hydrogens is 168 g/mol. The normalized spacial score (nSPS) is 9.54. The van der Waals surface area contributed by atoms with Crippen LogP contribution in [0, 0.1) is 0 Å². The first-order valence-electron chi connectivity index (χ1n) is 3.64. The zero-order chi connectivity index (χ0) is 8.55. The van der Waals surface area contributed by atoms with Crippen molar-refractivity contribution in [2.24, 2.45) is 0 Å². The van der Waals surface area contributed by atoms with Gasteiger partial charge >= 0.3 is 0 Å². The van der Waals surface area contributed by atoms with Crippen LogP contribution in [0.25, 0.3) is 10.8 Å². The SMILES string of the molecule is Nc1ccc2c(=O)[nH]ccc2c1.O. The molecule has 1 aromatic carbocycles. The highest BCUT2D eigenvalue weighted by atomic mass is 16.1. The number of rotatable bonds is 0. The summed E-state index contributed by atoms with van der Waals surface area (Å²) in [4.78, 5) is 13.8. The maximum atomic E-state index is 11.2. The van der Waals surface area contributed by atoms with Gasteiger partial charge in [0.05, 0.1) is 0 Å². The van der Waals surface area contributed by atoms with Crippen LogP contribution in [-0.2, 0) is 0 Å². The lowest BCUT2D eigenvalue weighted by Crippen LogP contribution is -2.04. The summed E-state index contributed by atoms with van der Waals surface area (Å²) < 4.78 is 0. The van der Waals surface area contributed by atoms with Crippen molar-refractivity contribution in [1.82, 2.24) is 4.98 Å². The van der Waals surface area contributed by atoms with Gasteiger partial charge in [-0.3, -0.25) is 4.79 Å². The lowest BCUT2D eigenvalue weighted by molar-refractivity contribution is 0.824. The molecular formula is C9H10N2O2. The van der Waals surface area contributed by atoms with Crippen molar-refractivity contribution in [3.05, 3.63) is 40.8 Å². The topological polar surface area (TPSA) is 90.4 Å². The number of benzene rings is 1. The lowest BCUT2D eigenvalue weighted by Gasteiger charge is -1.96. The molecule has 13 heavy (non-hydrogen) atoms. The first-order chi connectivity index (χ1) is 5.77. The van der Waals surface area contributed by atoms with Gasteiger partial charge in [-0.2, -0.15) is 0 Å². The average molecular weight is 178 g/mol. The van der Waals surface area contributed by atoms with Crippen LogP contribution in [0.2, 0.25) is 0 Å². The summed E-state index contributed by atoms with van der Waals surface area (Å²) in [5, 5.41) is 1.55. The summed E-state index contributed by atoms with van der Waals surface area (Å²) in [6.45, 7) is 0. The van der Waals surface area contributed by atoms with Gasteiger partial charge in [-0.1, -0.05) is 0 Å². The molecule has 68 valence electrons. The first-order valence-corrected chi connectivity index (χ1v) is 3.64. The Morgan fingerprint density at radius 2 is 2.00 bits per heavy atom. The highest BCUT2D eigenvalue weighted by Crippen LogP contribution is 2.12. The summed E-state index contributed by atoms with van der Waals surface area (Å²) in [6, 6.07) is 7.05. The van der Waals surface area contributed by atoms with Crippen LogP contribution in [0.5, 0.6) is 0 Å². The van der Waals surface area contributed by atoms with E-state index in [-0.39, 0.29) is 11.0 Å². The van der Waals surface area contributed by atoms with E-state index in [2.05, 4.69) is 4.98 Å². The largest absolute Gasteiger partial charge is 0.412 e. The molecule has 0 bridgehead atoms. The molecule has 0 spiro atoms. The van der Waals surface area contributed by atoms with E-state index in [9.17, 15) is 4.79 Å². The Bertz CT molecular complexity index is 476. The third-order valence-corrected chi connectivity index (χ3v) is 1.80. The van der Waals surface area contributed by atoms with Gasteiger partial charge in [-0.15, -0.1) is 0 Å². The Balaban J connectivity index is 0.000000845. The van der Waals surface area contributed by atoms with Gasteiger partial charge < -0.3 is 16.2 Å². The predicted molar refractivity (Wildman–Crippen MR) is 52.6 cm³/mol. The molecule has 0 saturated heterocycles. The number of aromatic amines is 1. The van der Waals surface area contributed by atoms with Crippen molar-refractivity contribution >= 4 is 16.5 Å². The van der Waals surface area contributed by atoms with Gasteiger partial charge in [0.25, 0.3) is 5.56 Å². The Kier molecular flexibility index (Phi) is 2.34. The van der Waals surface area contributed by atoms with Crippen LogP contribution in [0.1, 0.15) is 0 Å². The standard InChI is InChI=1S/C9H8N2O.H2O/c10-7-1-2-8-6(5-7)3-4-11-9(8)12;/h1-5H,10H2,(H,11,12);1H2. The van der Waals surface area contributed by atoms with Crippen LogP contribution in [0.3, 0.4) is 0 Å². The van der Waals surface area contributed by atoms with E-state index in [1.165, 1.54) is 0 Å². The molecule has 2 aromatic rings. The van der Waals surface area contributed by atoms with Crippen LogP contribution in [-0.4, -0.2) is 10.5 Å². The molecule has 5 N–H and O–H groups in total. The molecule has 0 fully saturated rings. The average Bonchev–Trinajstić information content (AvgIpc) is 2.04. The van der Waals surface area contributed by atoms with Gasteiger partial charge in [-0.25, -0.2) is 0 Å². The Labute approximate surface area is 74.3 Å². The molecule has 0 amide bonds. The van der Waals surface area contributed by atoms with E-state index in [4.69, 9.17) is 5.73 Å². The molecule has 0 unspecified atom stereocenters. The minimum absolute atomic E-state index is 0. The molecule has 0 aliphatic carbocycles. The number of nitrogen functional groups attached to an aromatic ring is 1. The van der Waals surface area contributed by atoms with Gasteiger partial charge in [0.1, 0.15) is 0 Å². The highest BCUT2D eigenvalue weighted by Gasteiger charge is 1.95. The fourth-order valence-electron chi connectivity index (χ4n) is 1.21. The smallest absolute Gasteiger partial charge is 0.255 e. The maximum absolute atomic E-state index is 11.2. The molecule has 0 atom stereocenters. The second kappa shape index (κ2) is 3.28. The highest BCUT2D eigenvalue weighted by molar-refractivity contribution is 5.84. The van der Waals surface area contributed by atoms with E-state index >= 15 is 0 Å². The van der Waals surface area contributed by atoms with Crippen LogP contribution in [0.4, 0.5) is 5.69 Å². The van der Waals surface area contributed by atoms with Crippen molar-refractivity contribution in [2.45, 2.75) is 0 Å². The first kappa shape index (κ1) is 9.28. The van der Waals surface area contributed by atoms with E-state index in [1.54, 1.807) is 24.4 Å². The molecule has 2 rings (SSSR count). The molecule has 4 heteroatoms. The van der Waals surface area contributed by atoms with Crippen LogP contribution < -0.4 is 11.3 Å². The predicted octanol–water partition coefficient (Wildman–Crippen LogP) is 0.286. The van der Waals surface area contributed by atoms with Crippen LogP contribution in [0.15, 0.2) is 35.3 Å². The minimum atomic E-state index is -0.0764. The van der Waals surface area contributed by atoms with Crippen molar-refractivity contribution in [2.75, 3.05) is 5.73 Å². The van der Waals surface area contributed by atoms with Crippen molar-refractivity contribution in [1.29, 1.82) is 0 Å². The molecule has 1 aromatic heterocycles. The fourth-order valence-corrected chi connectivity index (χ4v) is 1.21. The molecule has 1 heterocycles. The van der Waals surface area contributed by atoms with E-state index < -0.39 is 0 Å². The Morgan fingerprint density at radius 3 is 2.77 bits per heavy atom. The fraction of sp³-hybridized carbons (Fsp3) is 0. The number of nitrogens with two attached hydrogens (primary N) is 1. The van der Waals surface area contributed by atoms with Gasteiger partial charge in [0.15, 0.2) is 0 Å². The summed E-state index contributed by atoms with van der Waals surface area (Å²) in [5.74, 6) is 0. The zero-order valence-electron chi connectivity index (χ0n) is 6.87. The van der Waals surface area contributed by atoms with E-state index in [1.807, 2.05) is 6.07 Å². The number of hydrogen-bond donors (Lipinski definition) is 2. The minimum Gasteiger partial charge on any atom is -0.412 e. The second-order valence-corrected chi connectivity index (χ2v) is 2.65. The number of fused-ring (bicyclic) bond motifs is 1. The van der Waals surface area contributed by atoms with E-state index in [0.29, 0.717) is 11.1 Å². The molecule has 0 aliphatic rings. The number of aromatic nitrogens is 1. The third kappa shape index (κ3) is 1.52. The lowest BCUT2D eigenvalue weighted by atomic mass is 10.1. The number of H-pyrrole nitrogens is 1. The number of hydrogen-bond acceptors (Lipinski definition) is 2. The van der Waals surface area contributed by atoms with Crippen molar-refractivity contribution in [3.8, 4) is 0 Å². The van der Waals surface area contributed by atoms with Gasteiger partial charge in [-0.05, 0) is 29.7 Å². The molecule has 4 nitrogen and oxygen atoms in total. The quantitative estimate of drug-likeness (QED) is 0.567. The van der Waals surface area contributed by atoms with E-state index in [0.717, 1.165) is 5.39 Å². The molecule has 0 saturated carbocycles. The maximum Gasteiger partial charge on any atom is 0.255 e. The monoisotopic (exact) mass is 178 g/mol. The number of pyridine rings is 1. The third-order valence-electron chi connectivity index (χ3n) is 1.80. The summed E-state index contributed by atoms with van der Waals surface area (Å²) in [7, 11) is 0.